The van der Waals surface area contributed by atoms with Crippen LogP contribution in [-0.4, -0.2) is 66.2 Å². The summed E-state index contributed by atoms with van der Waals surface area (Å²) < 4.78 is 28.9. The Balaban J connectivity index is 0.000000207. The molecule has 0 bridgehead atoms. The normalized spacial score (nSPS) is 16.7. The number of carboxylic acids is 1. The zero-order valence-corrected chi connectivity index (χ0v) is 42.7. The number of amides is 3. The van der Waals surface area contributed by atoms with Gasteiger partial charge in [0.25, 0.3) is 5.91 Å². The third kappa shape index (κ3) is 16.5. The van der Waals surface area contributed by atoms with E-state index in [0.29, 0.717) is 45.9 Å². The Morgan fingerprint density at radius 2 is 0.870 bits per heavy atom. The van der Waals surface area contributed by atoms with Crippen LogP contribution in [0.15, 0.2) is 176 Å². The van der Waals surface area contributed by atoms with Gasteiger partial charge in [0.15, 0.2) is 0 Å². The van der Waals surface area contributed by atoms with Crippen molar-refractivity contribution in [1.82, 2.24) is 5.32 Å². The lowest BCUT2D eigenvalue weighted by Crippen LogP contribution is -2.39. The zero-order chi connectivity index (χ0) is 53.9. The van der Waals surface area contributed by atoms with Crippen LogP contribution in [-0.2, 0) is 27.2 Å². The van der Waals surface area contributed by atoms with Gasteiger partial charge in [-0.25, -0.2) is 9.59 Å². The van der Waals surface area contributed by atoms with E-state index < -0.39 is 11.9 Å². The molecule has 0 aromatic heterocycles. The second-order valence-electron chi connectivity index (χ2n) is 18.9. The molecule has 77 heavy (non-hydrogen) atoms. The summed E-state index contributed by atoms with van der Waals surface area (Å²) in [6, 6.07) is 52.3. The summed E-state index contributed by atoms with van der Waals surface area (Å²) in [5.41, 5.74) is 9.27. The van der Waals surface area contributed by atoms with Crippen LogP contribution in [0.5, 0.6) is 34.5 Å². The number of nitrogens with two attached hydrogens (primary N) is 1. The van der Waals surface area contributed by atoms with Gasteiger partial charge in [-0.05, 0) is 172 Å². The molecule has 7 aromatic carbocycles. The maximum absolute atomic E-state index is 12.5. The molecule has 3 amide bonds. The van der Waals surface area contributed by atoms with Crippen molar-refractivity contribution in [3.8, 4) is 34.5 Å². The van der Waals surface area contributed by atoms with Crippen LogP contribution in [0.3, 0.4) is 0 Å². The molecule has 0 heterocycles. The molecule has 0 spiro atoms. The molecule has 6 N–H and O–H groups in total. The van der Waals surface area contributed by atoms with E-state index in [0.717, 1.165) is 74.0 Å². The number of methoxy groups -OCH3 is 1. The van der Waals surface area contributed by atoms with Crippen molar-refractivity contribution in [2.75, 3.05) is 17.7 Å². The van der Waals surface area contributed by atoms with Crippen molar-refractivity contribution < 1.29 is 52.8 Å². The lowest BCUT2D eigenvalue weighted by atomic mass is 9.92. The Hall–Kier alpha value is -8.95. The average Bonchev–Trinajstić information content (AvgIpc) is 3.44. The number of nitrogens with one attached hydrogen (secondary N) is 3. The van der Waals surface area contributed by atoms with Crippen LogP contribution in [0.2, 0.25) is 0 Å². The number of rotatable bonds is 18. The van der Waals surface area contributed by atoms with Crippen LogP contribution in [0.1, 0.15) is 93.6 Å². The molecular weight excluding hydrogens is 977 g/mol. The Morgan fingerprint density at radius 3 is 1.32 bits per heavy atom. The van der Waals surface area contributed by atoms with Gasteiger partial charge in [-0.1, -0.05) is 66.7 Å². The topological polar surface area (TPSA) is 214 Å². The highest BCUT2D eigenvalue weighted by molar-refractivity contribution is 6.02. The maximum Gasteiger partial charge on any atom is 0.339 e. The number of para-hydroxylation sites is 2. The van der Waals surface area contributed by atoms with Crippen LogP contribution >= 0.6 is 0 Å². The summed E-state index contributed by atoms with van der Waals surface area (Å²) in [4.78, 5) is 60.6. The molecule has 2 saturated carbocycles. The van der Waals surface area contributed by atoms with Crippen molar-refractivity contribution in [1.29, 1.82) is 0 Å². The van der Waals surface area contributed by atoms with Crippen LogP contribution in [0, 0.1) is 0 Å². The van der Waals surface area contributed by atoms with E-state index in [4.69, 9.17) is 29.4 Å². The van der Waals surface area contributed by atoms with Gasteiger partial charge in [-0.3, -0.25) is 14.4 Å². The quantitative estimate of drug-likeness (QED) is 0.0508. The molecule has 9 rings (SSSR count). The number of aromatic carboxylic acids is 1. The molecular formula is C62H62N4O11. The van der Waals surface area contributed by atoms with Crippen molar-refractivity contribution >= 4 is 41.0 Å². The Morgan fingerprint density at radius 1 is 0.481 bits per heavy atom. The predicted octanol–water partition coefficient (Wildman–Crippen LogP) is 11.6. The second-order valence-corrected chi connectivity index (χ2v) is 18.9. The molecule has 0 radical (unpaired) electrons. The van der Waals surface area contributed by atoms with E-state index in [-0.39, 0.29) is 60.1 Å². The molecule has 0 aliphatic heterocycles. The van der Waals surface area contributed by atoms with Gasteiger partial charge in [0.05, 0.1) is 54.7 Å². The minimum absolute atomic E-state index is 0.0326. The standard InChI is InChI=1S/C34H32N2O6.C28H30N2O5/c37-32(36-31-9-5-4-8-30(31)34(39)40)22-23-10-14-26(15-11-23)41-28-18-20-29(21-19-28)42-27-16-12-25(13-17-27)35-33(38)24-6-2-1-3-7-24;1-33-28(32)25-4-2-3-5-26(25)30-27(31)18-19-6-10-21(11-7-19)34-23-14-16-24(17-15-23)35-22-12-8-20(29)9-13-22/h1-11,14-15,18-21,25,27H,12-13,16-17,22H2,(H,35,38)(H,36,37)(H,39,40);2-7,10-11,14-17,20,22H,8-9,12-13,18,29H2,1H3,(H,30,31). The molecule has 396 valence electrons. The van der Waals surface area contributed by atoms with Gasteiger partial charge >= 0.3 is 11.9 Å². The van der Waals surface area contributed by atoms with Crippen LogP contribution in [0.4, 0.5) is 11.4 Å². The number of esters is 1. The van der Waals surface area contributed by atoms with E-state index in [1.165, 1.54) is 13.2 Å². The lowest BCUT2D eigenvalue weighted by molar-refractivity contribution is -0.116. The number of hydrogen-bond donors (Lipinski definition) is 5. The van der Waals surface area contributed by atoms with E-state index in [2.05, 4.69) is 16.0 Å². The molecule has 7 aromatic rings. The molecule has 0 unspecified atom stereocenters. The SMILES string of the molecule is COC(=O)c1ccccc1NC(=O)Cc1ccc(Oc2ccc(OC3CCC(N)CC3)cc2)cc1.O=C(Cc1ccc(Oc2ccc(OC3CCC(NC(=O)c4ccccc4)CC3)cc2)cc1)Nc1ccccc1C(=O)O. The average molecular weight is 1040 g/mol. The molecule has 0 atom stereocenters. The number of anilines is 2. The van der Waals surface area contributed by atoms with Crippen molar-refractivity contribution in [3.63, 3.8) is 0 Å². The largest absolute Gasteiger partial charge is 0.490 e. The summed E-state index contributed by atoms with van der Waals surface area (Å²) >= 11 is 0. The van der Waals surface area contributed by atoms with Gasteiger partial charge in [-0.15, -0.1) is 0 Å². The number of hydrogen-bond acceptors (Lipinski definition) is 11. The van der Waals surface area contributed by atoms with Gasteiger partial charge < -0.3 is 50.5 Å². The summed E-state index contributed by atoms with van der Waals surface area (Å²) in [6.45, 7) is 0. The first-order valence-corrected chi connectivity index (χ1v) is 25.7. The molecule has 2 fully saturated rings. The zero-order valence-electron chi connectivity index (χ0n) is 42.7. The first-order chi connectivity index (χ1) is 37.4. The predicted molar refractivity (Wildman–Crippen MR) is 293 cm³/mol. The maximum atomic E-state index is 12.5. The molecule has 2 aliphatic carbocycles. The van der Waals surface area contributed by atoms with Crippen LogP contribution in [0.25, 0.3) is 0 Å². The fourth-order valence-electron chi connectivity index (χ4n) is 8.99. The van der Waals surface area contributed by atoms with Crippen molar-refractivity contribution in [2.24, 2.45) is 5.73 Å². The number of benzene rings is 7. The monoisotopic (exact) mass is 1040 g/mol. The first-order valence-electron chi connectivity index (χ1n) is 25.7. The summed E-state index contributed by atoms with van der Waals surface area (Å²) in [5.74, 6) is 2.08. The van der Waals surface area contributed by atoms with Gasteiger partial charge in [0, 0.05) is 17.6 Å². The second kappa shape index (κ2) is 27.0. The molecule has 15 heteroatoms. The smallest absolute Gasteiger partial charge is 0.339 e. The van der Waals surface area contributed by atoms with Gasteiger partial charge in [0.1, 0.15) is 34.5 Å². The summed E-state index contributed by atoms with van der Waals surface area (Å²) in [7, 11) is 1.31. The van der Waals surface area contributed by atoms with Crippen molar-refractivity contribution in [2.45, 2.75) is 88.5 Å². The van der Waals surface area contributed by atoms with E-state index >= 15 is 0 Å². The fraction of sp³-hybridized carbons (Fsp3) is 0.242. The third-order valence-corrected chi connectivity index (χ3v) is 13.1. The highest BCUT2D eigenvalue weighted by atomic mass is 16.5. The Bertz CT molecular complexity index is 3060. The summed E-state index contributed by atoms with van der Waals surface area (Å²) in [5, 5.41) is 17.9. The minimum atomic E-state index is -1.10. The molecule has 2 aliphatic rings. The Labute approximate surface area is 447 Å². The summed E-state index contributed by atoms with van der Waals surface area (Å²) in [6.07, 6.45) is 8.05. The fourth-order valence-corrected chi connectivity index (χ4v) is 8.99. The van der Waals surface area contributed by atoms with Crippen molar-refractivity contribution in [3.05, 3.63) is 204 Å². The molecule has 0 saturated heterocycles. The van der Waals surface area contributed by atoms with Crippen LogP contribution < -0.4 is 40.6 Å². The van der Waals surface area contributed by atoms with Gasteiger partial charge in [0.2, 0.25) is 11.8 Å². The molecule has 15 nitrogen and oxygen atoms in total. The third-order valence-electron chi connectivity index (χ3n) is 13.1. The van der Waals surface area contributed by atoms with E-state index in [1.54, 1.807) is 66.7 Å². The number of carbonyl (C=O) groups excluding carboxylic acids is 4. The number of carbonyl (C=O) groups is 5. The highest BCUT2D eigenvalue weighted by Gasteiger charge is 2.25. The first kappa shape index (κ1) is 54.3. The number of carboxylic acid groups (broad SMARTS) is 1. The Kier molecular flexibility index (Phi) is 19.1. The van der Waals surface area contributed by atoms with E-state index in [1.807, 2.05) is 103 Å². The van der Waals surface area contributed by atoms with E-state index in [9.17, 15) is 29.1 Å². The number of ether oxygens (including phenoxy) is 5. The van der Waals surface area contributed by atoms with Gasteiger partial charge in [-0.2, -0.15) is 0 Å². The lowest BCUT2D eigenvalue weighted by Gasteiger charge is -2.29. The minimum Gasteiger partial charge on any atom is -0.490 e. The highest BCUT2D eigenvalue weighted by Crippen LogP contribution is 2.30.